The number of nitriles is 1. The fourth-order valence-electron chi connectivity index (χ4n) is 1.69. The molecule has 0 aromatic heterocycles. The highest BCUT2D eigenvalue weighted by molar-refractivity contribution is 7.99. The van der Waals surface area contributed by atoms with Crippen LogP contribution in [0.5, 0.6) is 0 Å². The monoisotopic (exact) mass is 219 g/mol. The van der Waals surface area contributed by atoms with Gasteiger partial charge in [0.15, 0.2) is 0 Å². The lowest BCUT2D eigenvalue weighted by Crippen LogP contribution is -2.33. The first-order chi connectivity index (χ1) is 7.31. The second kappa shape index (κ2) is 4.45. The maximum absolute atomic E-state index is 8.84. The largest absolute Gasteiger partial charge is 0.397 e. The molecule has 2 N–H and O–H groups in total. The highest BCUT2D eigenvalue weighted by atomic mass is 32.2. The first kappa shape index (κ1) is 10.2. The average Bonchev–Trinajstić information content (AvgIpc) is 2.31. The Kier molecular flexibility index (Phi) is 3.02. The van der Waals surface area contributed by atoms with Crippen molar-refractivity contribution in [1.29, 1.82) is 5.26 Å². The molecule has 0 aliphatic carbocycles. The van der Waals surface area contributed by atoms with Gasteiger partial charge in [-0.25, -0.2) is 0 Å². The molecule has 1 aromatic rings. The number of hydrogen-bond acceptors (Lipinski definition) is 4. The van der Waals surface area contributed by atoms with E-state index in [0.29, 0.717) is 5.56 Å². The Bertz CT molecular complexity index is 391. The summed E-state index contributed by atoms with van der Waals surface area (Å²) in [4.78, 5) is 2.26. The fraction of sp³-hybridized carbons (Fsp3) is 0.364. The average molecular weight is 219 g/mol. The fourth-order valence-corrected chi connectivity index (χ4v) is 2.59. The van der Waals surface area contributed by atoms with Gasteiger partial charge in [-0.1, -0.05) is 0 Å². The number of benzene rings is 1. The predicted molar refractivity (Wildman–Crippen MR) is 65.1 cm³/mol. The van der Waals surface area contributed by atoms with E-state index in [0.717, 1.165) is 36.0 Å². The zero-order valence-electron chi connectivity index (χ0n) is 8.44. The number of nitrogen functional groups attached to an aromatic ring is 1. The van der Waals surface area contributed by atoms with E-state index in [2.05, 4.69) is 11.0 Å². The minimum Gasteiger partial charge on any atom is -0.397 e. The van der Waals surface area contributed by atoms with Crippen LogP contribution in [0.3, 0.4) is 0 Å². The van der Waals surface area contributed by atoms with Crippen LogP contribution in [0.25, 0.3) is 0 Å². The second-order valence-electron chi connectivity index (χ2n) is 3.48. The van der Waals surface area contributed by atoms with Crippen molar-refractivity contribution in [2.75, 3.05) is 35.2 Å². The number of hydrogen-bond donors (Lipinski definition) is 1. The van der Waals surface area contributed by atoms with Crippen LogP contribution in [0.15, 0.2) is 18.2 Å². The summed E-state index contributed by atoms with van der Waals surface area (Å²) in [6.45, 7) is 2.04. The summed E-state index contributed by atoms with van der Waals surface area (Å²) in [6.07, 6.45) is 0. The number of nitrogens with zero attached hydrogens (tertiary/aromatic N) is 2. The molecule has 1 aliphatic heterocycles. The molecule has 1 aliphatic rings. The van der Waals surface area contributed by atoms with Crippen molar-refractivity contribution in [3.63, 3.8) is 0 Å². The normalized spacial score (nSPS) is 16.1. The number of anilines is 2. The zero-order chi connectivity index (χ0) is 10.7. The molecule has 78 valence electrons. The molecule has 1 aromatic carbocycles. The molecular formula is C11H13N3S. The molecule has 2 rings (SSSR count). The summed E-state index contributed by atoms with van der Waals surface area (Å²) in [7, 11) is 0. The van der Waals surface area contributed by atoms with Gasteiger partial charge < -0.3 is 10.6 Å². The molecule has 0 spiro atoms. The number of nitrogens with two attached hydrogens (primary N) is 1. The molecule has 1 saturated heterocycles. The van der Waals surface area contributed by atoms with Crippen LogP contribution < -0.4 is 10.6 Å². The van der Waals surface area contributed by atoms with Gasteiger partial charge in [-0.05, 0) is 18.2 Å². The van der Waals surface area contributed by atoms with Crippen LogP contribution in [-0.4, -0.2) is 24.6 Å². The van der Waals surface area contributed by atoms with Crippen molar-refractivity contribution in [1.82, 2.24) is 0 Å². The van der Waals surface area contributed by atoms with Gasteiger partial charge in [-0.3, -0.25) is 0 Å². The van der Waals surface area contributed by atoms with Crippen molar-refractivity contribution in [2.24, 2.45) is 0 Å². The third-order valence-electron chi connectivity index (χ3n) is 2.51. The third kappa shape index (κ3) is 2.18. The molecular weight excluding hydrogens is 206 g/mol. The van der Waals surface area contributed by atoms with Crippen molar-refractivity contribution >= 4 is 23.1 Å². The lowest BCUT2D eigenvalue weighted by atomic mass is 10.1. The molecule has 0 radical (unpaired) electrons. The maximum atomic E-state index is 8.84. The van der Waals surface area contributed by atoms with Crippen molar-refractivity contribution in [3.05, 3.63) is 23.8 Å². The van der Waals surface area contributed by atoms with E-state index >= 15 is 0 Å². The summed E-state index contributed by atoms with van der Waals surface area (Å²) < 4.78 is 0. The van der Waals surface area contributed by atoms with Crippen molar-refractivity contribution < 1.29 is 0 Å². The van der Waals surface area contributed by atoms with Gasteiger partial charge in [0.05, 0.1) is 23.0 Å². The Morgan fingerprint density at radius 1 is 1.33 bits per heavy atom. The SMILES string of the molecule is N#Cc1ccc(N)c(N2CCSCC2)c1. The van der Waals surface area contributed by atoms with Gasteiger partial charge in [0.1, 0.15) is 0 Å². The summed E-state index contributed by atoms with van der Waals surface area (Å²) in [5, 5.41) is 8.84. The number of rotatable bonds is 1. The Labute approximate surface area is 93.9 Å². The molecule has 0 unspecified atom stereocenters. The van der Waals surface area contributed by atoms with Gasteiger partial charge in [0.25, 0.3) is 0 Å². The maximum Gasteiger partial charge on any atom is 0.0992 e. The Morgan fingerprint density at radius 2 is 2.07 bits per heavy atom. The van der Waals surface area contributed by atoms with E-state index in [-0.39, 0.29) is 0 Å². The van der Waals surface area contributed by atoms with Crippen LogP contribution in [0, 0.1) is 11.3 Å². The minimum atomic E-state index is 0.678. The van der Waals surface area contributed by atoms with Gasteiger partial charge in [0.2, 0.25) is 0 Å². The van der Waals surface area contributed by atoms with Gasteiger partial charge in [0, 0.05) is 24.6 Å². The molecule has 0 amide bonds. The van der Waals surface area contributed by atoms with Crippen LogP contribution in [0.1, 0.15) is 5.56 Å². The van der Waals surface area contributed by atoms with Crippen LogP contribution in [0.2, 0.25) is 0 Å². The topological polar surface area (TPSA) is 53.1 Å². The first-order valence-corrected chi connectivity index (χ1v) is 6.09. The van der Waals surface area contributed by atoms with Crippen LogP contribution >= 0.6 is 11.8 Å². The standard InChI is InChI=1S/C11H13N3S/c12-8-9-1-2-10(13)11(7-9)14-3-5-15-6-4-14/h1-2,7H,3-6,13H2. The predicted octanol–water partition coefficient (Wildman–Crippen LogP) is 1.69. The summed E-state index contributed by atoms with van der Waals surface area (Å²) >= 11 is 1.96. The van der Waals surface area contributed by atoms with E-state index in [9.17, 15) is 0 Å². The van der Waals surface area contributed by atoms with Crippen LogP contribution in [0.4, 0.5) is 11.4 Å². The molecule has 1 fully saturated rings. The summed E-state index contributed by atoms with van der Waals surface area (Å²) in [5.74, 6) is 2.27. The first-order valence-electron chi connectivity index (χ1n) is 4.93. The van der Waals surface area contributed by atoms with E-state index in [1.807, 2.05) is 23.9 Å². The zero-order valence-corrected chi connectivity index (χ0v) is 9.26. The Morgan fingerprint density at radius 3 is 2.73 bits per heavy atom. The molecule has 0 atom stereocenters. The van der Waals surface area contributed by atoms with Crippen molar-refractivity contribution in [3.8, 4) is 6.07 Å². The summed E-state index contributed by atoms with van der Waals surface area (Å²) in [5.41, 5.74) is 8.37. The molecule has 4 heteroatoms. The Hall–Kier alpha value is -1.34. The molecule has 3 nitrogen and oxygen atoms in total. The quantitative estimate of drug-likeness (QED) is 0.730. The van der Waals surface area contributed by atoms with E-state index in [1.54, 1.807) is 6.07 Å². The smallest absolute Gasteiger partial charge is 0.0992 e. The summed E-state index contributed by atoms with van der Waals surface area (Å²) in [6, 6.07) is 7.60. The molecule has 1 heterocycles. The number of thioether (sulfide) groups is 1. The van der Waals surface area contributed by atoms with Gasteiger partial charge in [-0.15, -0.1) is 0 Å². The molecule has 15 heavy (non-hydrogen) atoms. The van der Waals surface area contributed by atoms with Gasteiger partial charge >= 0.3 is 0 Å². The molecule has 0 bridgehead atoms. The second-order valence-corrected chi connectivity index (χ2v) is 4.71. The van der Waals surface area contributed by atoms with Crippen LogP contribution in [-0.2, 0) is 0 Å². The van der Waals surface area contributed by atoms with E-state index < -0.39 is 0 Å². The minimum absolute atomic E-state index is 0.678. The van der Waals surface area contributed by atoms with E-state index in [1.165, 1.54) is 0 Å². The molecule has 0 saturated carbocycles. The van der Waals surface area contributed by atoms with E-state index in [4.69, 9.17) is 11.0 Å². The lowest BCUT2D eigenvalue weighted by Gasteiger charge is -2.29. The highest BCUT2D eigenvalue weighted by Crippen LogP contribution is 2.26. The Balaban J connectivity index is 2.29. The van der Waals surface area contributed by atoms with Gasteiger partial charge in [-0.2, -0.15) is 17.0 Å². The third-order valence-corrected chi connectivity index (χ3v) is 3.45. The van der Waals surface area contributed by atoms with Crippen molar-refractivity contribution in [2.45, 2.75) is 0 Å². The highest BCUT2D eigenvalue weighted by Gasteiger charge is 2.13. The lowest BCUT2D eigenvalue weighted by molar-refractivity contribution is 0.860.